The summed E-state index contributed by atoms with van der Waals surface area (Å²) in [7, 11) is -9.87. The van der Waals surface area contributed by atoms with Crippen LogP contribution in [0.25, 0.3) is 10.8 Å². The molecular formula is C22H18Br4N4Na2O9S2. The number of phenolic OH excluding ortho intramolecular Hbond substituents is 1. The Kier molecular flexibility index (Phi) is 16.4. The third-order valence-electron chi connectivity index (χ3n) is 5.20. The van der Waals surface area contributed by atoms with Crippen LogP contribution in [0.3, 0.4) is 0 Å². The van der Waals surface area contributed by atoms with Crippen molar-refractivity contribution in [2.75, 3.05) is 21.3 Å². The van der Waals surface area contributed by atoms with E-state index in [1.54, 1.807) is 0 Å². The number of benzene rings is 3. The summed E-state index contributed by atoms with van der Waals surface area (Å²) in [5, 5.41) is 24.2. The predicted molar refractivity (Wildman–Crippen MR) is 178 cm³/mol. The Labute approximate surface area is 324 Å². The fourth-order valence-electron chi connectivity index (χ4n) is 3.29. The van der Waals surface area contributed by atoms with Crippen LogP contribution in [-0.2, 0) is 29.8 Å². The predicted octanol–water partition coefficient (Wildman–Crippen LogP) is 4.89. The Morgan fingerprint density at radius 2 is 1.26 bits per heavy atom. The number of amides is 2. The average molecular weight is 912 g/mol. The Morgan fingerprint density at radius 1 is 0.767 bits per heavy atom. The summed E-state index contributed by atoms with van der Waals surface area (Å²) in [6.45, 7) is 0. The molecule has 0 spiro atoms. The van der Waals surface area contributed by atoms with E-state index in [4.69, 9.17) is 0 Å². The molecule has 0 fully saturated rings. The molecule has 2 unspecified atom stereocenters. The van der Waals surface area contributed by atoms with Crippen molar-refractivity contribution in [3.63, 3.8) is 0 Å². The van der Waals surface area contributed by atoms with Gasteiger partial charge in [-0.25, -0.2) is 0 Å². The van der Waals surface area contributed by atoms with E-state index in [-0.39, 0.29) is 86.6 Å². The summed E-state index contributed by atoms with van der Waals surface area (Å²) >= 11 is 12.6. The van der Waals surface area contributed by atoms with Gasteiger partial charge in [-0.2, -0.15) is 16.8 Å². The van der Waals surface area contributed by atoms with E-state index < -0.39 is 68.6 Å². The number of aromatic hydroxyl groups is 1. The minimum atomic E-state index is -5.00. The van der Waals surface area contributed by atoms with Crippen LogP contribution in [0.1, 0.15) is 0 Å². The molecule has 3 aromatic rings. The third-order valence-corrected chi connectivity index (χ3v) is 11.5. The summed E-state index contributed by atoms with van der Waals surface area (Å²) in [6.07, 6.45) is 0. The number of fused-ring (bicyclic) bond motifs is 1. The van der Waals surface area contributed by atoms with Crippen molar-refractivity contribution in [2.24, 2.45) is 10.2 Å². The number of azo groups is 1. The van der Waals surface area contributed by atoms with Crippen LogP contribution < -0.4 is 10.6 Å². The number of carbonyl (C=O) groups excluding carboxylic acids is 2. The van der Waals surface area contributed by atoms with Crippen molar-refractivity contribution in [3.05, 3.63) is 42.5 Å². The second-order valence-corrected chi connectivity index (χ2v) is 14.3. The van der Waals surface area contributed by atoms with Crippen LogP contribution in [0, 0.1) is 0 Å². The number of anilines is 2. The molecule has 0 aliphatic carbocycles. The second kappa shape index (κ2) is 17.2. The Morgan fingerprint density at radius 3 is 1.74 bits per heavy atom. The molecule has 2 radical (unpaired) electrons. The van der Waals surface area contributed by atoms with Gasteiger partial charge in [-0.1, -0.05) is 69.8 Å². The van der Waals surface area contributed by atoms with Crippen LogP contribution in [0.5, 0.6) is 5.75 Å². The molecule has 0 aromatic heterocycles. The molecule has 13 nitrogen and oxygen atoms in total. The van der Waals surface area contributed by atoms with Crippen LogP contribution in [-0.4, -0.2) is 122 Å². The normalized spacial score (nSPS) is 13.1. The van der Waals surface area contributed by atoms with Gasteiger partial charge in [0.1, 0.15) is 30.8 Å². The van der Waals surface area contributed by atoms with Gasteiger partial charge in [0.05, 0.1) is 0 Å². The maximum Gasteiger partial charge on any atom is 0.296 e. The molecule has 0 aliphatic rings. The molecule has 21 heteroatoms. The zero-order chi connectivity index (χ0) is 30.7. The molecule has 3 aromatic carbocycles. The summed E-state index contributed by atoms with van der Waals surface area (Å²) in [4.78, 5) is 21.6. The van der Waals surface area contributed by atoms with E-state index in [0.29, 0.717) is 5.33 Å². The van der Waals surface area contributed by atoms with Crippen molar-refractivity contribution in [1.29, 1.82) is 0 Å². The molecule has 2 amide bonds. The molecular weight excluding hydrogens is 894 g/mol. The van der Waals surface area contributed by atoms with Gasteiger partial charge in [-0.3, -0.25) is 18.7 Å². The smallest absolute Gasteiger partial charge is 0.296 e. The van der Waals surface area contributed by atoms with Gasteiger partial charge in [-0.15, -0.1) is 10.2 Å². The number of nitrogens with one attached hydrogen (secondary N) is 2. The molecule has 2 atom stereocenters. The summed E-state index contributed by atoms with van der Waals surface area (Å²) in [6, 6.07) is 8.28. The number of alkyl halides is 4. The van der Waals surface area contributed by atoms with Gasteiger partial charge >= 0.3 is 0 Å². The monoisotopic (exact) mass is 908 g/mol. The molecule has 5 N–H and O–H groups in total. The Hall–Kier alpha value is 0.000000000000000888. The maximum absolute atomic E-state index is 12.2. The molecule has 43 heavy (non-hydrogen) atoms. The van der Waals surface area contributed by atoms with Gasteiger partial charge in [0.15, 0.2) is 5.75 Å². The number of carbonyl (C=O) groups is 2. The second-order valence-electron chi connectivity index (χ2n) is 8.06. The zero-order valence-corrected chi connectivity index (χ0v) is 34.1. The quantitative estimate of drug-likeness (QED) is 0.0811. The summed E-state index contributed by atoms with van der Waals surface area (Å²) < 4.78 is 67.7. The van der Waals surface area contributed by atoms with Gasteiger partial charge < -0.3 is 15.7 Å². The minimum absolute atomic E-state index is 0. The third kappa shape index (κ3) is 10.8. The average Bonchev–Trinajstić information content (AvgIpc) is 2.90. The Bertz CT molecular complexity index is 1780. The topological polar surface area (TPSA) is 212 Å². The van der Waals surface area contributed by atoms with Gasteiger partial charge in [-0.05, 0) is 41.8 Å². The zero-order valence-electron chi connectivity index (χ0n) is 22.1. The molecule has 0 saturated carbocycles. The van der Waals surface area contributed by atoms with Crippen LogP contribution in [0.2, 0.25) is 0 Å². The first kappa shape index (κ1) is 41.0. The largest absolute Gasteiger partial charge is 0.505 e. The SMILES string of the molecule is O=C(Nc1ccc(S(=O)(=O)O)c(N=Nc2c(S(=O)(=O)O)cc3ccc(NC(=O)C(Br)CBr)cc3c2O)c1)C(Br)CBr.[Na].[Na]. The van der Waals surface area contributed by atoms with Crippen molar-refractivity contribution in [3.8, 4) is 5.75 Å². The first-order valence-corrected chi connectivity index (χ1v) is 17.8. The van der Waals surface area contributed by atoms with Gasteiger partial charge in [0.25, 0.3) is 20.2 Å². The van der Waals surface area contributed by atoms with E-state index in [0.717, 1.165) is 18.2 Å². The number of phenols is 1. The standard InChI is InChI=1S/C22H18Br4N4O9S2.2Na/c23-8-14(25)21(32)27-11-2-1-10-5-18(41(37,38)39)19(20(31)13(10)6-11)30-29-16-7-12(28-22(33)15(26)9-24)3-4-17(16)40(34,35)36;;/h1-7,14-15,31H,8-9H2,(H,27,32)(H,28,33)(H,34,35,36)(H,37,38,39);;. The van der Waals surface area contributed by atoms with E-state index in [2.05, 4.69) is 84.6 Å². The molecule has 3 rings (SSSR count). The number of halogens is 4. The van der Waals surface area contributed by atoms with E-state index >= 15 is 0 Å². The van der Waals surface area contributed by atoms with Crippen LogP contribution in [0.15, 0.2) is 62.5 Å². The van der Waals surface area contributed by atoms with Crippen molar-refractivity contribution >= 4 is 188 Å². The first-order chi connectivity index (χ1) is 19.1. The fraction of sp³-hybridized carbons (Fsp3) is 0.182. The van der Waals surface area contributed by atoms with Crippen molar-refractivity contribution < 1.29 is 40.6 Å². The molecule has 222 valence electrons. The van der Waals surface area contributed by atoms with Crippen molar-refractivity contribution in [2.45, 2.75) is 19.4 Å². The van der Waals surface area contributed by atoms with E-state index in [1.807, 2.05) is 0 Å². The minimum Gasteiger partial charge on any atom is -0.505 e. The number of hydrogen-bond acceptors (Lipinski definition) is 9. The molecule has 0 saturated heterocycles. The molecule has 0 aliphatic heterocycles. The van der Waals surface area contributed by atoms with Crippen LogP contribution >= 0.6 is 63.7 Å². The molecule has 0 heterocycles. The number of nitrogens with zero attached hydrogens (tertiary/aromatic N) is 2. The van der Waals surface area contributed by atoms with Crippen LogP contribution in [0.4, 0.5) is 22.7 Å². The summed E-state index contributed by atoms with van der Waals surface area (Å²) in [5.41, 5.74) is -1.02. The number of hydrogen-bond donors (Lipinski definition) is 5. The van der Waals surface area contributed by atoms with Crippen molar-refractivity contribution in [1.82, 2.24) is 0 Å². The Balaban J connectivity index is 0.00000462. The molecule has 0 bridgehead atoms. The first-order valence-electron chi connectivity index (χ1n) is 10.9. The van der Waals surface area contributed by atoms with Gasteiger partial charge in [0.2, 0.25) is 11.8 Å². The number of rotatable bonds is 10. The van der Waals surface area contributed by atoms with Gasteiger partial charge in [0, 0.05) is 86.5 Å². The fourth-order valence-corrected chi connectivity index (χ4v) is 5.37. The maximum atomic E-state index is 12.2. The van der Waals surface area contributed by atoms with E-state index in [9.17, 15) is 40.6 Å². The van der Waals surface area contributed by atoms with E-state index in [1.165, 1.54) is 24.3 Å². The summed E-state index contributed by atoms with van der Waals surface area (Å²) in [5.74, 6) is -1.69.